The van der Waals surface area contributed by atoms with Gasteiger partial charge in [-0.25, -0.2) is 0 Å². The molecule has 0 unspecified atom stereocenters. The maximum absolute atomic E-state index is 12.4. The molecule has 2 aromatic carbocycles. The molecule has 0 saturated heterocycles. The lowest BCUT2D eigenvalue weighted by Crippen LogP contribution is -2.22. The molecule has 0 atom stereocenters. The SMILES string of the molecule is C/C(=N/N=C(N)N)c1ccc(NC(=O)c2cc3ccc(N)cc3[nH]2)cc1. The first kappa shape index (κ1) is 17.0. The molecule has 0 spiro atoms. The number of nitrogens with one attached hydrogen (secondary N) is 2. The molecular formula is C18H19N7O. The Morgan fingerprint density at radius 2 is 1.77 bits per heavy atom. The monoisotopic (exact) mass is 349 g/mol. The zero-order valence-corrected chi connectivity index (χ0v) is 14.2. The number of hydrogen-bond donors (Lipinski definition) is 5. The fourth-order valence-electron chi connectivity index (χ4n) is 2.45. The lowest BCUT2D eigenvalue weighted by atomic mass is 10.1. The zero-order valence-electron chi connectivity index (χ0n) is 14.2. The van der Waals surface area contributed by atoms with E-state index in [0.29, 0.717) is 22.8 Å². The summed E-state index contributed by atoms with van der Waals surface area (Å²) >= 11 is 0. The average Bonchev–Trinajstić information content (AvgIpc) is 3.03. The molecule has 26 heavy (non-hydrogen) atoms. The van der Waals surface area contributed by atoms with E-state index in [1.54, 1.807) is 37.3 Å². The molecule has 3 rings (SSSR count). The quantitative estimate of drug-likeness (QED) is 0.212. The van der Waals surface area contributed by atoms with Crippen LogP contribution in [0.15, 0.2) is 58.7 Å². The van der Waals surface area contributed by atoms with Crippen molar-refractivity contribution in [1.29, 1.82) is 0 Å². The molecule has 0 saturated carbocycles. The van der Waals surface area contributed by atoms with Crippen LogP contribution in [0.3, 0.4) is 0 Å². The van der Waals surface area contributed by atoms with Gasteiger partial charge < -0.3 is 27.5 Å². The van der Waals surface area contributed by atoms with Crippen LogP contribution >= 0.6 is 0 Å². The van der Waals surface area contributed by atoms with E-state index >= 15 is 0 Å². The number of carbonyl (C=O) groups excluding carboxylic acids is 1. The van der Waals surface area contributed by atoms with Crippen LogP contribution < -0.4 is 22.5 Å². The number of benzene rings is 2. The summed E-state index contributed by atoms with van der Waals surface area (Å²) in [5.41, 5.74) is 20.3. The molecule has 0 aliphatic heterocycles. The minimum absolute atomic E-state index is 0.103. The van der Waals surface area contributed by atoms with Crippen LogP contribution in [0, 0.1) is 0 Å². The Morgan fingerprint density at radius 1 is 1.04 bits per heavy atom. The molecule has 1 amide bonds. The topological polar surface area (TPSA) is 148 Å². The second-order valence-corrected chi connectivity index (χ2v) is 5.77. The Morgan fingerprint density at radius 3 is 2.46 bits per heavy atom. The van der Waals surface area contributed by atoms with Gasteiger partial charge in [-0.05, 0) is 42.8 Å². The first-order chi connectivity index (χ1) is 12.4. The highest BCUT2D eigenvalue weighted by Gasteiger charge is 2.10. The molecule has 132 valence electrons. The van der Waals surface area contributed by atoms with Gasteiger partial charge in [0.1, 0.15) is 5.69 Å². The summed E-state index contributed by atoms with van der Waals surface area (Å²) in [6, 6.07) is 14.4. The van der Waals surface area contributed by atoms with Crippen LogP contribution in [0.5, 0.6) is 0 Å². The summed E-state index contributed by atoms with van der Waals surface area (Å²) in [5.74, 6) is -0.341. The number of nitrogens with two attached hydrogens (primary N) is 3. The van der Waals surface area contributed by atoms with Crippen LogP contribution in [0.25, 0.3) is 10.9 Å². The van der Waals surface area contributed by atoms with E-state index in [9.17, 15) is 4.79 Å². The van der Waals surface area contributed by atoms with Gasteiger partial charge in [0, 0.05) is 22.3 Å². The van der Waals surface area contributed by atoms with Crippen molar-refractivity contribution >= 4 is 39.9 Å². The number of fused-ring (bicyclic) bond motifs is 1. The molecule has 1 aromatic heterocycles. The van der Waals surface area contributed by atoms with Crippen molar-refractivity contribution < 1.29 is 4.79 Å². The first-order valence-electron chi connectivity index (χ1n) is 7.85. The minimum Gasteiger partial charge on any atom is -0.399 e. The molecule has 8 N–H and O–H groups in total. The van der Waals surface area contributed by atoms with Crippen molar-refractivity contribution in [2.75, 3.05) is 11.1 Å². The van der Waals surface area contributed by atoms with Gasteiger partial charge in [-0.1, -0.05) is 18.2 Å². The maximum atomic E-state index is 12.4. The van der Waals surface area contributed by atoms with Crippen molar-refractivity contribution in [3.63, 3.8) is 0 Å². The van der Waals surface area contributed by atoms with Crippen LogP contribution in [-0.2, 0) is 0 Å². The highest BCUT2D eigenvalue weighted by molar-refractivity contribution is 6.06. The van der Waals surface area contributed by atoms with Gasteiger partial charge in [0.25, 0.3) is 5.91 Å². The number of aromatic nitrogens is 1. The van der Waals surface area contributed by atoms with Gasteiger partial charge >= 0.3 is 0 Å². The van der Waals surface area contributed by atoms with E-state index in [-0.39, 0.29) is 11.9 Å². The van der Waals surface area contributed by atoms with E-state index in [0.717, 1.165) is 16.5 Å². The number of guanidine groups is 1. The molecule has 0 bridgehead atoms. The van der Waals surface area contributed by atoms with Gasteiger partial charge in [0.2, 0.25) is 5.96 Å². The van der Waals surface area contributed by atoms with Gasteiger partial charge in [-0.3, -0.25) is 4.79 Å². The highest BCUT2D eigenvalue weighted by Crippen LogP contribution is 2.19. The second kappa shape index (κ2) is 6.98. The largest absolute Gasteiger partial charge is 0.399 e. The van der Waals surface area contributed by atoms with E-state index in [4.69, 9.17) is 17.2 Å². The molecular weight excluding hydrogens is 330 g/mol. The summed E-state index contributed by atoms with van der Waals surface area (Å²) in [6.45, 7) is 1.79. The van der Waals surface area contributed by atoms with Gasteiger partial charge in [0.15, 0.2) is 0 Å². The highest BCUT2D eigenvalue weighted by atomic mass is 16.1. The van der Waals surface area contributed by atoms with E-state index in [1.807, 2.05) is 18.2 Å². The van der Waals surface area contributed by atoms with Crippen molar-refractivity contribution in [3.8, 4) is 0 Å². The number of anilines is 2. The number of nitrogen functional groups attached to an aromatic ring is 1. The van der Waals surface area contributed by atoms with E-state index in [2.05, 4.69) is 20.5 Å². The van der Waals surface area contributed by atoms with Crippen LogP contribution in [0.2, 0.25) is 0 Å². The fraction of sp³-hybridized carbons (Fsp3) is 0.0556. The van der Waals surface area contributed by atoms with Gasteiger partial charge in [0.05, 0.1) is 5.71 Å². The molecule has 1 heterocycles. The number of rotatable bonds is 4. The Balaban J connectivity index is 1.74. The normalized spacial score (nSPS) is 11.3. The summed E-state index contributed by atoms with van der Waals surface area (Å²) in [6.07, 6.45) is 0. The molecule has 0 aliphatic rings. The summed E-state index contributed by atoms with van der Waals surface area (Å²) in [5, 5.41) is 11.3. The first-order valence-corrected chi connectivity index (χ1v) is 7.85. The Labute approximate surface area is 149 Å². The van der Waals surface area contributed by atoms with Crippen molar-refractivity contribution in [1.82, 2.24) is 4.98 Å². The number of hydrogen-bond acceptors (Lipinski definition) is 4. The predicted molar refractivity (Wildman–Crippen MR) is 105 cm³/mol. The Bertz CT molecular complexity index is 1010. The van der Waals surface area contributed by atoms with E-state index < -0.39 is 0 Å². The minimum atomic E-state index is -0.238. The van der Waals surface area contributed by atoms with Gasteiger partial charge in [-0.15, -0.1) is 5.10 Å². The Hall–Kier alpha value is -3.81. The maximum Gasteiger partial charge on any atom is 0.272 e. The molecule has 0 fully saturated rings. The molecule has 8 nitrogen and oxygen atoms in total. The summed E-state index contributed by atoms with van der Waals surface area (Å²) in [4.78, 5) is 15.5. The molecule has 8 heteroatoms. The number of amides is 1. The smallest absolute Gasteiger partial charge is 0.272 e. The number of nitrogens with zero attached hydrogens (tertiary/aromatic N) is 2. The number of carbonyl (C=O) groups is 1. The molecule has 0 aliphatic carbocycles. The van der Waals surface area contributed by atoms with Crippen molar-refractivity contribution in [3.05, 3.63) is 59.8 Å². The summed E-state index contributed by atoms with van der Waals surface area (Å²) < 4.78 is 0. The average molecular weight is 349 g/mol. The number of H-pyrrole nitrogens is 1. The van der Waals surface area contributed by atoms with Crippen LogP contribution in [0.4, 0.5) is 11.4 Å². The second-order valence-electron chi connectivity index (χ2n) is 5.77. The summed E-state index contributed by atoms with van der Waals surface area (Å²) in [7, 11) is 0. The predicted octanol–water partition coefficient (Wildman–Crippen LogP) is 2.00. The number of aromatic amines is 1. The van der Waals surface area contributed by atoms with Crippen LogP contribution in [-0.4, -0.2) is 22.6 Å². The Kier molecular flexibility index (Phi) is 4.57. The lowest BCUT2D eigenvalue weighted by molar-refractivity contribution is 0.102. The lowest BCUT2D eigenvalue weighted by Gasteiger charge is -2.05. The third kappa shape index (κ3) is 3.81. The zero-order chi connectivity index (χ0) is 18.7. The van der Waals surface area contributed by atoms with Crippen LogP contribution in [0.1, 0.15) is 23.0 Å². The third-order valence-corrected chi connectivity index (χ3v) is 3.77. The van der Waals surface area contributed by atoms with Crippen molar-refractivity contribution in [2.45, 2.75) is 6.92 Å². The fourth-order valence-corrected chi connectivity index (χ4v) is 2.45. The van der Waals surface area contributed by atoms with Gasteiger partial charge in [-0.2, -0.15) is 5.10 Å². The third-order valence-electron chi connectivity index (χ3n) is 3.77. The van der Waals surface area contributed by atoms with Crippen molar-refractivity contribution in [2.24, 2.45) is 21.7 Å². The van der Waals surface area contributed by atoms with E-state index in [1.165, 1.54) is 0 Å². The standard InChI is InChI=1S/C18H19N7O/c1-10(24-25-18(20)21)11-3-6-14(7-4-11)22-17(26)16-8-12-2-5-13(19)9-15(12)23-16/h2-9,23H,19H2,1H3,(H,22,26)(H4,20,21,25)/b24-10-. The molecule has 3 aromatic rings. The molecule has 0 radical (unpaired) electrons.